The first-order chi connectivity index (χ1) is 11.9. The van der Waals surface area contributed by atoms with Crippen LogP contribution in [0.4, 0.5) is 13.2 Å². The van der Waals surface area contributed by atoms with Crippen molar-refractivity contribution in [2.75, 3.05) is 0 Å². The molecule has 0 atom stereocenters. The van der Waals surface area contributed by atoms with Gasteiger partial charge in [-0.3, -0.25) is 9.78 Å². The second-order valence-electron chi connectivity index (χ2n) is 5.27. The Morgan fingerprint density at radius 2 is 2.00 bits per heavy atom. The Morgan fingerprint density at radius 1 is 1.16 bits per heavy atom. The van der Waals surface area contributed by atoms with Crippen molar-refractivity contribution in [3.63, 3.8) is 0 Å². The van der Waals surface area contributed by atoms with Crippen LogP contribution < -0.4 is 5.32 Å². The summed E-state index contributed by atoms with van der Waals surface area (Å²) in [7, 11) is 0. The van der Waals surface area contributed by atoms with Crippen LogP contribution in [-0.2, 0) is 12.7 Å². The number of rotatable bonds is 4. The molecule has 3 aromatic rings. The fourth-order valence-electron chi connectivity index (χ4n) is 2.21. The van der Waals surface area contributed by atoms with Crippen LogP contribution in [0.2, 0.25) is 0 Å². The summed E-state index contributed by atoms with van der Waals surface area (Å²) in [5, 5.41) is 6.66. The Balaban J connectivity index is 1.67. The predicted octanol–water partition coefficient (Wildman–Crippen LogP) is 3.22. The molecule has 8 heteroatoms. The lowest BCUT2D eigenvalue weighted by Gasteiger charge is -2.09. The molecule has 2 heterocycles. The van der Waals surface area contributed by atoms with Gasteiger partial charge in [-0.2, -0.15) is 18.3 Å². The Kier molecular flexibility index (Phi) is 4.51. The van der Waals surface area contributed by atoms with Gasteiger partial charge >= 0.3 is 6.18 Å². The number of carbonyl (C=O) groups excluding carboxylic acids is 1. The summed E-state index contributed by atoms with van der Waals surface area (Å²) in [4.78, 5) is 16.1. The minimum atomic E-state index is -4.41. The molecule has 0 aliphatic carbocycles. The Hall–Kier alpha value is -3.16. The normalized spacial score (nSPS) is 11.3. The molecule has 0 aliphatic heterocycles. The van der Waals surface area contributed by atoms with Crippen LogP contribution in [0.25, 0.3) is 5.69 Å². The minimum absolute atomic E-state index is 0.0131. The lowest BCUT2D eigenvalue weighted by molar-refractivity contribution is -0.137. The molecule has 5 nitrogen and oxygen atoms in total. The first-order valence-electron chi connectivity index (χ1n) is 7.33. The lowest BCUT2D eigenvalue weighted by Crippen LogP contribution is -2.22. The fourth-order valence-corrected chi connectivity index (χ4v) is 2.21. The molecule has 0 fully saturated rings. The molecule has 0 bridgehead atoms. The monoisotopic (exact) mass is 346 g/mol. The zero-order valence-electron chi connectivity index (χ0n) is 12.9. The number of nitrogens with zero attached hydrogens (tertiary/aromatic N) is 3. The average Bonchev–Trinajstić information content (AvgIpc) is 3.10. The standard InChI is InChI=1S/C17H13F3N4O/c18-17(19,20)14-4-1-3-12(7-14)8-22-16(25)13-9-23-24(11-13)15-5-2-6-21-10-15/h1-7,9-11H,8H2,(H,22,25). The minimum Gasteiger partial charge on any atom is -0.348 e. The highest BCUT2D eigenvalue weighted by atomic mass is 19.4. The molecule has 2 aromatic heterocycles. The summed E-state index contributed by atoms with van der Waals surface area (Å²) < 4.78 is 39.6. The van der Waals surface area contributed by atoms with Crippen molar-refractivity contribution in [2.24, 2.45) is 0 Å². The Bertz CT molecular complexity index is 875. The van der Waals surface area contributed by atoms with E-state index in [9.17, 15) is 18.0 Å². The van der Waals surface area contributed by atoms with Gasteiger partial charge in [0.2, 0.25) is 0 Å². The van der Waals surface area contributed by atoms with E-state index >= 15 is 0 Å². The highest BCUT2D eigenvalue weighted by Crippen LogP contribution is 2.29. The largest absolute Gasteiger partial charge is 0.416 e. The van der Waals surface area contributed by atoms with Crippen LogP contribution in [0.1, 0.15) is 21.5 Å². The maximum atomic E-state index is 12.7. The van der Waals surface area contributed by atoms with Gasteiger partial charge < -0.3 is 5.32 Å². The Labute approximate surface area is 141 Å². The molecule has 1 aromatic carbocycles. The van der Waals surface area contributed by atoms with Gasteiger partial charge in [-0.25, -0.2) is 4.68 Å². The number of halogens is 3. The molecule has 25 heavy (non-hydrogen) atoms. The Morgan fingerprint density at radius 3 is 2.72 bits per heavy atom. The summed E-state index contributed by atoms with van der Waals surface area (Å²) in [6.07, 6.45) is 1.71. The van der Waals surface area contributed by atoms with Crippen molar-refractivity contribution < 1.29 is 18.0 Å². The summed E-state index contributed by atoms with van der Waals surface area (Å²) >= 11 is 0. The van der Waals surface area contributed by atoms with E-state index in [1.54, 1.807) is 24.5 Å². The van der Waals surface area contributed by atoms with E-state index in [4.69, 9.17) is 0 Å². The number of nitrogens with one attached hydrogen (secondary N) is 1. The number of hydrogen-bond donors (Lipinski definition) is 1. The van der Waals surface area contributed by atoms with Crippen LogP contribution in [-0.4, -0.2) is 20.7 Å². The number of carbonyl (C=O) groups is 1. The van der Waals surface area contributed by atoms with Crippen molar-refractivity contribution in [1.29, 1.82) is 0 Å². The zero-order valence-corrected chi connectivity index (χ0v) is 12.9. The van der Waals surface area contributed by atoms with E-state index < -0.39 is 17.6 Å². The maximum absolute atomic E-state index is 12.7. The first-order valence-corrected chi connectivity index (χ1v) is 7.33. The highest BCUT2D eigenvalue weighted by Gasteiger charge is 2.30. The smallest absolute Gasteiger partial charge is 0.348 e. The lowest BCUT2D eigenvalue weighted by atomic mass is 10.1. The summed E-state index contributed by atoms with van der Waals surface area (Å²) in [6, 6.07) is 8.36. The van der Waals surface area contributed by atoms with Crippen LogP contribution >= 0.6 is 0 Å². The van der Waals surface area contributed by atoms with Gasteiger partial charge in [-0.1, -0.05) is 12.1 Å². The second kappa shape index (κ2) is 6.76. The molecule has 1 N–H and O–H groups in total. The zero-order chi connectivity index (χ0) is 17.9. The molecule has 0 spiro atoms. The molecular weight excluding hydrogens is 333 g/mol. The topological polar surface area (TPSA) is 59.8 Å². The average molecular weight is 346 g/mol. The van der Waals surface area contributed by atoms with Crippen molar-refractivity contribution >= 4 is 5.91 Å². The van der Waals surface area contributed by atoms with Gasteiger partial charge in [0.15, 0.2) is 0 Å². The first kappa shape index (κ1) is 16.7. The predicted molar refractivity (Wildman–Crippen MR) is 84.0 cm³/mol. The molecule has 0 unspecified atom stereocenters. The summed E-state index contributed by atoms with van der Waals surface area (Å²) in [5.74, 6) is -0.424. The number of alkyl halides is 3. The number of aromatic nitrogens is 3. The summed E-state index contributed by atoms with van der Waals surface area (Å²) in [5.41, 5.74) is 0.613. The quantitative estimate of drug-likeness (QED) is 0.789. The van der Waals surface area contributed by atoms with Gasteiger partial charge in [0.1, 0.15) is 0 Å². The number of pyridine rings is 1. The van der Waals surface area contributed by atoms with E-state index in [1.807, 2.05) is 0 Å². The van der Waals surface area contributed by atoms with Gasteiger partial charge in [-0.05, 0) is 29.8 Å². The highest BCUT2D eigenvalue weighted by molar-refractivity contribution is 5.93. The third-order valence-corrected chi connectivity index (χ3v) is 3.46. The van der Waals surface area contributed by atoms with Gasteiger partial charge in [0.25, 0.3) is 5.91 Å². The van der Waals surface area contributed by atoms with Gasteiger partial charge in [0.05, 0.1) is 29.2 Å². The van der Waals surface area contributed by atoms with E-state index in [1.165, 1.54) is 29.2 Å². The van der Waals surface area contributed by atoms with E-state index in [0.29, 0.717) is 16.8 Å². The third-order valence-electron chi connectivity index (χ3n) is 3.46. The van der Waals surface area contributed by atoms with Crippen LogP contribution in [0.5, 0.6) is 0 Å². The number of amides is 1. The molecule has 0 saturated heterocycles. The number of hydrogen-bond acceptors (Lipinski definition) is 3. The third kappa shape index (κ3) is 4.03. The van der Waals surface area contributed by atoms with E-state index in [-0.39, 0.29) is 6.54 Å². The van der Waals surface area contributed by atoms with Crippen molar-refractivity contribution in [2.45, 2.75) is 12.7 Å². The molecule has 0 radical (unpaired) electrons. The number of benzene rings is 1. The fraction of sp³-hybridized carbons (Fsp3) is 0.118. The molecule has 128 valence electrons. The van der Waals surface area contributed by atoms with Gasteiger partial charge in [-0.15, -0.1) is 0 Å². The van der Waals surface area contributed by atoms with Crippen LogP contribution in [0, 0.1) is 0 Å². The molecular formula is C17H13F3N4O. The van der Waals surface area contributed by atoms with Gasteiger partial charge in [0, 0.05) is 18.9 Å². The second-order valence-corrected chi connectivity index (χ2v) is 5.27. The van der Waals surface area contributed by atoms with Crippen molar-refractivity contribution in [3.05, 3.63) is 77.9 Å². The summed E-state index contributed by atoms with van der Waals surface area (Å²) in [6.45, 7) is -0.0131. The van der Waals surface area contributed by atoms with Crippen LogP contribution in [0.3, 0.4) is 0 Å². The van der Waals surface area contributed by atoms with E-state index in [0.717, 1.165) is 12.1 Å². The van der Waals surface area contributed by atoms with Crippen molar-refractivity contribution in [1.82, 2.24) is 20.1 Å². The molecule has 0 saturated carbocycles. The molecule has 0 aliphatic rings. The molecule has 3 rings (SSSR count). The van der Waals surface area contributed by atoms with Crippen molar-refractivity contribution in [3.8, 4) is 5.69 Å². The van der Waals surface area contributed by atoms with E-state index in [2.05, 4.69) is 15.4 Å². The molecule has 1 amide bonds. The maximum Gasteiger partial charge on any atom is 0.416 e. The van der Waals surface area contributed by atoms with Crippen LogP contribution in [0.15, 0.2) is 61.2 Å². The SMILES string of the molecule is O=C(NCc1cccc(C(F)(F)F)c1)c1cnn(-c2cccnc2)c1.